The number of hydrogen-bond acceptors (Lipinski definition) is 5. The fraction of sp³-hybridized carbons (Fsp3) is 0.154. The summed E-state index contributed by atoms with van der Waals surface area (Å²) in [5, 5.41) is 0.957. The Bertz CT molecular complexity index is 1350. The molecular formula is C26H20BrCl2NO3S2. The maximum absolute atomic E-state index is 13.2. The van der Waals surface area contributed by atoms with Crippen LogP contribution in [0.5, 0.6) is 11.5 Å². The molecule has 4 rings (SSSR count). The maximum Gasteiger partial charge on any atom is 0.270 e. The van der Waals surface area contributed by atoms with E-state index in [9.17, 15) is 4.79 Å². The molecule has 0 atom stereocenters. The average molecular weight is 609 g/mol. The van der Waals surface area contributed by atoms with Crippen molar-refractivity contribution >= 4 is 85.1 Å². The van der Waals surface area contributed by atoms with Gasteiger partial charge >= 0.3 is 0 Å². The summed E-state index contributed by atoms with van der Waals surface area (Å²) in [5.41, 5.74) is 3.43. The molecule has 0 bridgehead atoms. The topological polar surface area (TPSA) is 38.8 Å². The quantitative estimate of drug-likeness (QED) is 0.199. The van der Waals surface area contributed by atoms with Crippen LogP contribution < -0.4 is 14.4 Å². The summed E-state index contributed by atoms with van der Waals surface area (Å²) in [6.07, 6.45) is 1.81. The Balaban J connectivity index is 1.61. The molecular weight excluding hydrogens is 589 g/mol. The number of thiocarbonyl (C=S) groups is 1. The predicted molar refractivity (Wildman–Crippen MR) is 153 cm³/mol. The zero-order chi connectivity index (χ0) is 25.1. The molecule has 1 heterocycles. The smallest absolute Gasteiger partial charge is 0.270 e. The van der Waals surface area contributed by atoms with E-state index in [-0.39, 0.29) is 12.5 Å². The van der Waals surface area contributed by atoms with Gasteiger partial charge in [0.15, 0.2) is 15.8 Å². The molecule has 0 aromatic heterocycles. The van der Waals surface area contributed by atoms with E-state index in [1.165, 1.54) is 11.8 Å². The molecule has 35 heavy (non-hydrogen) atoms. The molecule has 180 valence electrons. The van der Waals surface area contributed by atoms with E-state index in [0.29, 0.717) is 41.8 Å². The molecule has 1 aliphatic rings. The van der Waals surface area contributed by atoms with E-state index in [1.807, 2.05) is 62.4 Å². The summed E-state index contributed by atoms with van der Waals surface area (Å²) in [6, 6.07) is 16.8. The monoisotopic (exact) mass is 607 g/mol. The number of nitrogens with zero attached hydrogens (tertiary/aromatic N) is 1. The van der Waals surface area contributed by atoms with Gasteiger partial charge < -0.3 is 9.47 Å². The number of thioether (sulfide) groups is 1. The number of benzene rings is 3. The Kier molecular flexibility index (Phi) is 8.45. The van der Waals surface area contributed by atoms with Gasteiger partial charge in [0.1, 0.15) is 6.61 Å². The minimum Gasteiger partial charge on any atom is -0.490 e. The summed E-state index contributed by atoms with van der Waals surface area (Å²) < 4.78 is 13.1. The molecule has 0 radical (unpaired) electrons. The number of aryl methyl sites for hydroxylation is 1. The van der Waals surface area contributed by atoms with Crippen LogP contribution in [0.4, 0.5) is 5.69 Å². The summed E-state index contributed by atoms with van der Waals surface area (Å²) >= 11 is 22.5. The Morgan fingerprint density at radius 2 is 1.86 bits per heavy atom. The number of anilines is 1. The Hall–Kier alpha value is -2.03. The maximum atomic E-state index is 13.2. The number of rotatable bonds is 7. The standard InChI is InChI=1S/C26H20BrCl2NO3S2/c1-3-32-22-12-17(10-18(27)24(22)33-14-16-8-9-19(28)20(29)11-16)13-23-25(31)30(26(34)35-23)21-7-5-4-6-15(21)2/h4-13H,3,14H2,1-2H3/b23-13+. The molecule has 1 fully saturated rings. The fourth-order valence-corrected chi connectivity index (χ4v) is 5.68. The lowest BCUT2D eigenvalue weighted by Crippen LogP contribution is -2.28. The van der Waals surface area contributed by atoms with Gasteiger partial charge in [0, 0.05) is 0 Å². The van der Waals surface area contributed by atoms with Gasteiger partial charge in [-0.3, -0.25) is 9.69 Å². The second-order valence-corrected chi connectivity index (χ2v) is 10.9. The van der Waals surface area contributed by atoms with Crippen molar-refractivity contribution in [1.82, 2.24) is 0 Å². The molecule has 0 aliphatic carbocycles. The second-order valence-electron chi connectivity index (χ2n) is 7.60. The SMILES string of the molecule is CCOc1cc(/C=C2/SC(=S)N(c3ccccc3C)C2=O)cc(Br)c1OCc1ccc(Cl)c(Cl)c1. The van der Waals surface area contributed by atoms with Crippen LogP contribution in [-0.2, 0) is 11.4 Å². The van der Waals surface area contributed by atoms with Gasteiger partial charge in [-0.1, -0.05) is 71.4 Å². The number of ether oxygens (including phenoxy) is 2. The lowest BCUT2D eigenvalue weighted by molar-refractivity contribution is -0.113. The Morgan fingerprint density at radius 1 is 1.09 bits per heavy atom. The van der Waals surface area contributed by atoms with Gasteiger partial charge in [0.05, 0.1) is 31.7 Å². The summed E-state index contributed by atoms with van der Waals surface area (Å²) in [5.74, 6) is 0.966. The van der Waals surface area contributed by atoms with Crippen molar-refractivity contribution in [3.63, 3.8) is 0 Å². The molecule has 0 spiro atoms. The minimum atomic E-state index is -0.150. The van der Waals surface area contributed by atoms with Crippen LogP contribution in [0.25, 0.3) is 6.08 Å². The van der Waals surface area contributed by atoms with Gasteiger partial charge in [-0.25, -0.2) is 0 Å². The van der Waals surface area contributed by atoms with Gasteiger partial charge in [0.25, 0.3) is 5.91 Å². The average Bonchev–Trinajstić information content (AvgIpc) is 3.08. The lowest BCUT2D eigenvalue weighted by atomic mass is 10.1. The van der Waals surface area contributed by atoms with Crippen LogP contribution in [-0.4, -0.2) is 16.8 Å². The number of carbonyl (C=O) groups excluding carboxylic acids is 1. The van der Waals surface area contributed by atoms with Crippen LogP contribution in [0, 0.1) is 6.92 Å². The number of hydrogen-bond donors (Lipinski definition) is 0. The van der Waals surface area contributed by atoms with E-state index < -0.39 is 0 Å². The van der Waals surface area contributed by atoms with E-state index >= 15 is 0 Å². The highest BCUT2D eigenvalue weighted by Crippen LogP contribution is 2.41. The van der Waals surface area contributed by atoms with Gasteiger partial charge in [-0.2, -0.15) is 0 Å². The van der Waals surface area contributed by atoms with Gasteiger partial charge in [-0.05, 0) is 82.9 Å². The number of para-hydroxylation sites is 1. The molecule has 9 heteroatoms. The van der Waals surface area contributed by atoms with Crippen LogP contribution in [0.2, 0.25) is 10.0 Å². The first-order chi connectivity index (χ1) is 16.8. The highest BCUT2D eigenvalue weighted by atomic mass is 79.9. The van der Waals surface area contributed by atoms with Crippen molar-refractivity contribution < 1.29 is 14.3 Å². The van der Waals surface area contributed by atoms with Crippen molar-refractivity contribution in [1.29, 1.82) is 0 Å². The molecule has 0 unspecified atom stereocenters. The molecule has 3 aromatic rings. The molecule has 1 saturated heterocycles. The second kappa shape index (κ2) is 11.4. The van der Waals surface area contributed by atoms with Crippen molar-refractivity contribution in [2.24, 2.45) is 0 Å². The van der Waals surface area contributed by atoms with E-state index in [1.54, 1.807) is 17.0 Å². The molecule has 1 aliphatic heterocycles. The zero-order valence-corrected chi connectivity index (χ0v) is 23.5. The lowest BCUT2D eigenvalue weighted by Gasteiger charge is -2.17. The van der Waals surface area contributed by atoms with Crippen LogP contribution in [0.1, 0.15) is 23.6 Å². The molecule has 0 N–H and O–H groups in total. The van der Waals surface area contributed by atoms with E-state index in [2.05, 4.69) is 15.9 Å². The third-order valence-electron chi connectivity index (χ3n) is 5.15. The van der Waals surface area contributed by atoms with Gasteiger partial charge in [0.2, 0.25) is 0 Å². The van der Waals surface area contributed by atoms with E-state index in [0.717, 1.165) is 22.4 Å². The summed E-state index contributed by atoms with van der Waals surface area (Å²) in [7, 11) is 0. The predicted octanol–water partition coefficient (Wildman–Crippen LogP) is 8.45. The summed E-state index contributed by atoms with van der Waals surface area (Å²) in [6.45, 7) is 4.59. The van der Waals surface area contributed by atoms with Crippen LogP contribution in [0.3, 0.4) is 0 Å². The Morgan fingerprint density at radius 3 is 2.57 bits per heavy atom. The van der Waals surface area contributed by atoms with Crippen LogP contribution in [0.15, 0.2) is 64.0 Å². The van der Waals surface area contributed by atoms with Gasteiger partial charge in [-0.15, -0.1) is 0 Å². The van der Waals surface area contributed by atoms with Crippen molar-refractivity contribution in [2.45, 2.75) is 20.5 Å². The number of carbonyl (C=O) groups is 1. The first-order valence-corrected chi connectivity index (χ1v) is 13.4. The highest BCUT2D eigenvalue weighted by molar-refractivity contribution is 9.10. The largest absolute Gasteiger partial charge is 0.490 e. The minimum absolute atomic E-state index is 0.150. The molecule has 0 saturated carbocycles. The van der Waals surface area contributed by atoms with Crippen molar-refractivity contribution in [2.75, 3.05) is 11.5 Å². The third kappa shape index (κ3) is 5.87. The first-order valence-electron chi connectivity index (χ1n) is 10.6. The van der Waals surface area contributed by atoms with Crippen molar-refractivity contribution in [3.05, 3.63) is 90.7 Å². The normalized spacial score (nSPS) is 14.7. The zero-order valence-electron chi connectivity index (χ0n) is 18.8. The number of halogens is 3. The van der Waals surface area contributed by atoms with Crippen molar-refractivity contribution in [3.8, 4) is 11.5 Å². The molecule has 4 nitrogen and oxygen atoms in total. The third-order valence-corrected chi connectivity index (χ3v) is 7.78. The van der Waals surface area contributed by atoms with Crippen LogP contribution >= 0.6 is 63.1 Å². The number of amides is 1. The van der Waals surface area contributed by atoms with E-state index in [4.69, 9.17) is 44.9 Å². The molecule has 3 aromatic carbocycles. The Labute approximate surface area is 232 Å². The first kappa shape index (κ1) is 26.0. The highest BCUT2D eigenvalue weighted by Gasteiger charge is 2.34. The fourth-order valence-electron chi connectivity index (χ4n) is 3.50. The molecule has 1 amide bonds. The summed E-state index contributed by atoms with van der Waals surface area (Å²) in [4.78, 5) is 15.3.